The van der Waals surface area contributed by atoms with Crippen LogP contribution in [-0.4, -0.2) is 44.6 Å². The maximum atomic E-state index is 14.7. The van der Waals surface area contributed by atoms with Crippen LogP contribution in [0.3, 0.4) is 0 Å². The average molecular weight is 357 g/mol. The Morgan fingerprint density at radius 1 is 1.27 bits per heavy atom. The van der Waals surface area contributed by atoms with Gasteiger partial charge < -0.3 is 20.3 Å². The number of carbonyl (C=O) groups is 1. The molecule has 0 aromatic heterocycles. The van der Waals surface area contributed by atoms with E-state index in [1.54, 1.807) is 24.3 Å². The number of fused-ring (bicyclic) bond motifs is 1. The lowest BCUT2D eigenvalue weighted by molar-refractivity contribution is 0.102. The summed E-state index contributed by atoms with van der Waals surface area (Å²) in [5.74, 6) is -0.226. The van der Waals surface area contributed by atoms with Gasteiger partial charge in [-0.15, -0.1) is 0 Å². The molecule has 6 heteroatoms. The molecule has 5 nitrogen and oxygen atoms in total. The molecule has 2 N–H and O–H groups in total. The van der Waals surface area contributed by atoms with Gasteiger partial charge in [-0.2, -0.15) is 0 Å². The Morgan fingerprint density at radius 2 is 2.08 bits per heavy atom. The molecule has 0 spiro atoms. The summed E-state index contributed by atoms with van der Waals surface area (Å²) in [6, 6.07) is 10.5. The first-order chi connectivity index (χ1) is 12.6. The molecule has 1 heterocycles. The van der Waals surface area contributed by atoms with E-state index in [0.717, 1.165) is 18.7 Å². The van der Waals surface area contributed by atoms with Crippen molar-refractivity contribution in [3.05, 3.63) is 58.9 Å². The lowest BCUT2D eigenvalue weighted by atomic mass is 9.99. The Labute approximate surface area is 153 Å². The van der Waals surface area contributed by atoms with Crippen molar-refractivity contribution in [2.24, 2.45) is 0 Å². The molecule has 138 valence electrons. The fourth-order valence-corrected chi connectivity index (χ4v) is 2.94. The van der Waals surface area contributed by atoms with Crippen LogP contribution in [-0.2, 0) is 13.0 Å². The third kappa shape index (κ3) is 4.20. The van der Waals surface area contributed by atoms with Crippen molar-refractivity contribution < 1.29 is 13.9 Å². The van der Waals surface area contributed by atoms with Gasteiger partial charge in [-0.1, -0.05) is 18.2 Å². The molecule has 1 aliphatic heterocycles. The Bertz CT molecular complexity index is 793. The smallest absolute Gasteiger partial charge is 0.259 e. The van der Waals surface area contributed by atoms with Gasteiger partial charge >= 0.3 is 0 Å². The maximum absolute atomic E-state index is 14.7. The van der Waals surface area contributed by atoms with Crippen LogP contribution >= 0.6 is 0 Å². The van der Waals surface area contributed by atoms with Crippen LogP contribution in [0.4, 0.5) is 10.1 Å². The monoisotopic (exact) mass is 357 g/mol. The minimum atomic E-state index is -0.377. The predicted octanol–water partition coefficient (Wildman–Crippen LogP) is 2.66. The van der Waals surface area contributed by atoms with E-state index in [0.29, 0.717) is 36.4 Å². The fraction of sp³-hybridized carbons (Fsp3) is 0.350. The SMILES string of the molecule is CN(C)CCOc1ccccc1C(=O)Nc1ccc2c(c1F)CCNC2. The highest BCUT2D eigenvalue weighted by atomic mass is 19.1. The normalized spacial score (nSPS) is 13.4. The Hall–Kier alpha value is -2.44. The van der Waals surface area contributed by atoms with Gasteiger partial charge in [0.05, 0.1) is 11.3 Å². The number of nitrogens with one attached hydrogen (secondary N) is 2. The number of rotatable bonds is 6. The first kappa shape index (κ1) is 18.4. The third-order valence-corrected chi connectivity index (χ3v) is 4.38. The van der Waals surface area contributed by atoms with Crippen LogP contribution in [0.5, 0.6) is 5.75 Å². The first-order valence-electron chi connectivity index (χ1n) is 8.75. The number of halogens is 1. The number of amides is 1. The number of hydrogen-bond donors (Lipinski definition) is 2. The van der Waals surface area contributed by atoms with Crippen LogP contribution < -0.4 is 15.4 Å². The topological polar surface area (TPSA) is 53.6 Å². The summed E-state index contributed by atoms with van der Waals surface area (Å²) in [5.41, 5.74) is 2.22. The summed E-state index contributed by atoms with van der Waals surface area (Å²) in [4.78, 5) is 14.7. The minimum absolute atomic E-state index is 0.207. The highest BCUT2D eigenvalue weighted by Gasteiger charge is 2.19. The van der Waals surface area contributed by atoms with Gasteiger partial charge in [0.1, 0.15) is 18.2 Å². The molecular formula is C20H24FN3O2. The number of nitrogens with zero attached hydrogens (tertiary/aromatic N) is 1. The van der Waals surface area contributed by atoms with Crippen molar-refractivity contribution in [1.29, 1.82) is 0 Å². The van der Waals surface area contributed by atoms with E-state index in [9.17, 15) is 9.18 Å². The van der Waals surface area contributed by atoms with Crippen molar-refractivity contribution in [3.8, 4) is 5.75 Å². The standard InChI is InChI=1S/C20H24FN3O2/c1-24(2)11-12-26-18-6-4-3-5-16(18)20(25)23-17-8-7-14-13-22-10-9-15(14)19(17)21/h3-8,22H,9-13H2,1-2H3,(H,23,25). The van der Waals surface area contributed by atoms with Crippen LogP contribution in [0, 0.1) is 5.82 Å². The number of para-hydroxylation sites is 1. The van der Waals surface area contributed by atoms with Gasteiger partial charge in [-0.05, 0) is 56.4 Å². The molecule has 2 aromatic carbocycles. The summed E-state index contributed by atoms with van der Waals surface area (Å²) in [5, 5.41) is 5.91. The second-order valence-corrected chi connectivity index (χ2v) is 6.59. The molecule has 0 bridgehead atoms. The second kappa shape index (κ2) is 8.29. The third-order valence-electron chi connectivity index (χ3n) is 4.38. The summed E-state index contributed by atoms with van der Waals surface area (Å²) >= 11 is 0. The van der Waals surface area contributed by atoms with E-state index < -0.39 is 0 Å². The molecule has 2 aromatic rings. The second-order valence-electron chi connectivity index (χ2n) is 6.59. The maximum Gasteiger partial charge on any atom is 0.259 e. The molecular weight excluding hydrogens is 333 g/mol. The van der Waals surface area contributed by atoms with Crippen LogP contribution in [0.15, 0.2) is 36.4 Å². The largest absolute Gasteiger partial charge is 0.491 e. The van der Waals surface area contributed by atoms with Crippen molar-refractivity contribution in [3.63, 3.8) is 0 Å². The van der Waals surface area contributed by atoms with Gasteiger partial charge in [0, 0.05) is 13.1 Å². The van der Waals surface area contributed by atoms with Crippen LogP contribution in [0.2, 0.25) is 0 Å². The van der Waals surface area contributed by atoms with Crippen LogP contribution in [0.1, 0.15) is 21.5 Å². The molecule has 0 fully saturated rings. The van der Waals surface area contributed by atoms with Crippen molar-refractivity contribution in [2.45, 2.75) is 13.0 Å². The zero-order valence-electron chi connectivity index (χ0n) is 15.1. The lowest BCUT2D eigenvalue weighted by Crippen LogP contribution is -2.25. The molecule has 1 amide bonds. The zero-order valence-corrected chi connectivity index (χ0v) is 15.1. The molecule has 0 atom stereocenters. The molecule has 0 aliphatic carbocycles. The van der Waals surface area contributed by atoms with E-state index in [1.165, 1.54) is 0 Å². The van der Waals surface area contributed by atoms with Gasteiger partial charge in [-0.25, -0.2) is 4.39 Å². The molecule has 0 radical (unpaired) electrons. The van der Waals surface area contributed by atoms with E-state index in [-0.39, 0.29) is 17.4 Å². The number of likely N-dealkylation sites (N-methyl/N-ethyl adjacent to an activating group) is 1. The molecule has 3 rings (SSSR count). The minimum Gasteiger partial charge on any atom is -0.491 e. The van der Waals surface area contributed by atoms with E-state index in [2.05, 4.69) is 10.6 Å². The summed E-state index contributed by atoms with van der Waals surface area (Å²) in [6.07, 6.45) is 0.620. The molecule has 26 heavy (non-hydrogen) atoms. The van der Waals surface area contributed by atoms with Gasteiger partial charge in [0.2, 0.25) is 0 Å². The Kier molecular flexibility index (Phi) is 5.85. The van der Waals surface area contributed by atoms with Gasteiger partial charge in [0.25, 0.3) is 5.91 Å². The number of ether oxygens (including phenoxy) is 1. The molecule has 0 unspecified atom stereocenters. The fourth-order valence-electron chi connectivity index (χ4n) is 2.94. The number of hydrogen-bond acceptors (Lipinski definition) is 4. The van der Waals surface area contributed by atoms with Gasteiger partial charge in [0.15, 0.2) is 0 Å². The summed E-state index contributed by atoms with van der Waals surface area (Å²) in [7, 11) is 3.91. The van der Waals surface area contributed by atoms with Crippen molar-refractivity contribution >= 4 is 11.6 Å². The Balaban J connectivity index is 1.76. The first-order valence-corrected chi connectivity index (χ1v) is 8.75. The van der Waals surface area contributed by atoms with E-state index in [1.807, 2.05) is 31.1 Å². The molecule has 0 saturated carbocycles. The van der Waals surface area contributed by atoms with Crippen LogP contribution in [0.25, 0.3) is 0 Å². The highest BCUT2D eigenvalue weighted by molar-refractivity contribution is 6.06. The van der Waals surface area contributed by atoms with E-state index in [4.69, 9.17) is 4.74 Å². The summed E-state index contributed by atoms with van der Waals surface area (Å²) in [6.45, 7) is 2.60. The molecule has 0 saturated heterocycles. The highest BCUT2D eigenvalue weighted by Crippen LogP contribution is 2.26. The number of benzene rings is 2. The van der Waals surface area contributed by atoms with Crippen molar-refractivity contribution in [2.75, 3.05) is 39.1 Å². The predicted molar refractivity (Wildman–Crippen MR) is 100 cm³/mol. The number of carbonyl (C=O) groups excluding carboxylic acids is 1. The zero-order chi connectivity index (χ0) is 18.5. The Morgan fingerprint density at radius 3 is 2.88 bits per heavy atom. The van der Waals surface area contributed by atoms with Crippen molar-refractivity contribution in [1.82, 2.24) is 10.2 Å². The van der Waals surface area contributed by atoms with Gasteiger partial charge in [-0.3, -0.25) is 4.79 Å². The quantitative estimate of drug-likeness (QED) is 0.835. The average Bonchev–Trinajstić information content (AvgIpc) is 2.64. The summed E-state index contributed by atoms with van der Waals surface area (Å²) < 4.78 is 20.5. The molecule has 1 aliphatic rings. The lowest BCUT2D eigenvalue weighted by Gasteiger charge is -2.19. The number of anilines is 1. The van der Waals surface area contributed by atoms with E-state index >= 15 is 0 Å².